The number of amides is 1. The number of fused-ring (bicyclic) bond motifs is 1. The number of carboxylic acid groups (broad SMARTS) is 1. The van der Waals surface area contributed by atoms with E-state index in [0.717, 1.165) is 6.08 Å². The van der Waals surface area contributed by atoms with Crippen LogP contribution in [-0.2, 0) is 9.59 Å². The number of hydrogen-bond acceptors (Lipinski definition) is 5. The molecule has 0 radical (unpaired) electrons. The summed E-state index contributed by atoms with van der Waals surface area (Å²) in [7, 11) is 0. The fourth-order valence-electron chi connectivity index (χ4n) is 2.93. The maximum Gasteiger partial charge on any atom is 0.415 e. The van der Waals surface area contributed by atoms with Gasteiger partial charge in [-0.1, -0.05) is 18.7 Å². The van der Waals surface area contributed by atoms with Crippen molar-refractivity contribution < 1.29 is 33.0 Å². The third kappa shape index (κ3) is 5.66. The predicted molar refractivity (Wildman–Crippen MR) is 101 cm³/mol. The van der Waals surface area contributed by atoms with Crippen LogP contribution in [0.3, 0.4) is 0 Å². The van der Waals surface area contributed by atoms with Gasteiger partial charge in [0.15, 0.2) is 11.9 Å². The lowest BCUT2D eigenvalue weighted by Crippen LogP contribution is -2.43. The summed E-state index contributed by atoms with van der Waals surface area (Å²) in [6, 6.07) is -1.21. The monoisotopic (exact) mass is 426 g/mol. The maximum absolute atomic E-state index is 12.8. The van der Waals surface area contributed by atoms with E-state index in [0.29, 0.717) is 11.1 Å². The molecule has 0 spiro atoms. The second-order valence-electron chi connectivity index (χ2n) is 6.51. The Balaban J connectivity index is 2.21. The van der Waals surface area contributed by atoms with Crippen LogP contribution >= 0.6 is 0 Å². The number of carbonyl (C=O) groups is 2. The van der Waals surface area contributed by atoms with Gasteiger partial charge in [0.05, 0.1) is 0 Å². The van der Waals surface area contributed by atoms with E-state index in [9.17, 15) is 27.9 Å². The SMILES string of the molecule is C=C(/C=C(\C=C/C)CCC1=CC(O)C(C(=O)NCC(=O)O)n2ncnc21)C(F)(F)F. The molecular weight excluding hydrogens is 405 g/mol. The van der Waals surface area contributed by atoms with Crippen LogP contribution in [0.5, 0.6) is 0 Å². The van der Waals surface area contributed by atoms with Crippen LogP contribution in [0.4, 0.5) is 13.2 Å². The Labute approximate surface area is 170 Å². The van der Waals surface area contributed by atoms with Crippen molar-refractivity contribution in [3.8, 4) is 0 Å². The number of aliphatic hydroxyl groups excluding tert-OH is 1. The van der Waals surface area contributed by atoms with Gasteiger partial charge in [0.1, 0.15) is 19.0 Å². The fraction of sp³-hybridized carbons (Fsp3) is 0.368. The molecule has 3 N–H and O–H groups in total. The molecule has 0 saturated carbocycles. The first-order valence-corrected chi connectivity index (χ1v) is 8.92. The lowest BCUT2D eigenvalue weighted by atomic mass is 9.96. The number of rotatable bonds is 8. The zero-order chi connectivity index (χ0) is 22.5. The number of aliphatic hydroxyl groups is 1. The molecule has 0 aliphatic carbocycles. The molecule has 1 aliphatic rings. The first kappa shape index (κ1) is 23.1. The van der Waals surface area contributed by atoms with E-state index < -0.39 is 42.3 Å². The zero-order valence-electron chi connectivity index (χ0n) is 16.1. The Hall–Kier alpha value is -3.21. The minimum Gasteiger partial charge on any atom is -0.480 e. The molecule has 0 aromatic carbocycles. The van der Waals surface area contributed by atoms with Crippen LogP contribution in [0.15, 0.2) is 48.4 Å². The Morgan fingerprint density at radius 1 is 1.40 bits per heavy atom. The number of hydrogen-bond donors (Lipinski definition) is 3. The van der Waals surface area contributed by atoms with Gasteiger partial charge in [-0.3, -0.25) is 9.59 Å². The van der Waals surface area contributed by atoms with Crippen molar-refractivity contribution in [1.29, 1.82) is 0 Å². The average molecular weight is 426 g/mol. The van der Waals surface area contributed by atoms with Crippen molar-refractivity contribution in [2.75, 3.05) is 6.54 Å². The molecule has 0 bridgehead atoms. The third-order valence-corrected chi connectivity index (χ3v) is 4.29. The first-order chi connectivity index (χ1) is 14.0. The third-order valence-electron chi connectivity index (χ3n) is 4.29. The number of carbonyl (C=O) groups excluding carboxylic acids is 1. The van der Waals surface area contributed by atoms with Crippen LogP contribution in [0.2, 0.25) is 0 Å². The van der Waals surface area contributed by atoms with Gasteiger partial charge in [-0.25, -0.2) is 9.67 Å². The quantitative estimate of drug-likeness (QED) is 0.549. The highest BCUT2D eigenvalue weighted by atomic mass is 19.4. The van der Waals surface area contributed by atoms with Crippen LogP contribution in [0.1, 0.15) is 31.6 Å². The number of alkyl halides is 3. The molecule has 162 valence electrons. The lowest BCUT2D eigenvalue weighted by Gasteiger charge is -2.27. The number of halogens is 3. The van der Waals surface area contributed by atoms with Gasteiger partial charge in [0, 0.05) is 5.57 Å². The van der Waals surface area contributed by atoms with Gasteiger partial charge < -0.3 is 15.5 Å². The topological polar surface area (TPSA) is 117 Å². The highest BCUT2D eigenvalue weighted by Gasteiger charge is 2.35. The predicted octanol–water partition coefficient (Wildman–Crippen LogP) is 2.18. The second-order valence-corrected chi connectivity index (χ2v) is 6.51. The van der Waals surface area contributed by atoms with Crippen molar-refractivity contribution in [2.45, 2.75) is 38.1 Å². The van der Waals surface area contributed by atoms with Crippen LogP contribution < -0.4 is 5.32 Å². The summed E-state index contributed by atoms with van der Waals surface area (Å²) in [5.41, 5.74) is -0.107. The van der Waals surface area contributed by atoms with Gasteiger partial charge in [-0.2, -0.15) is 18.3 Å². The van der Waals surface area contributed by atoms with E-state index in [1.54, 1.807) is 13.0 Å². The van der Waals surface area contributed by atoms with Crippen LogP contribution in [0, 0.1) is 0 Å². The summed E-state index contributed by atoms with van der Waals surface area (Å²) in [5, 5.41) is 25.2. The molecule has 30 heavy (non-hydrogen) atoms. The van der Waals surface area contributed by atoms with Gasteiger partial charge in [0.25, 0.3) is 0 Å². The van der Waals surface area contributed by atoms with Crippen molar-refractivity contribution in [3.05, 3.63) is 54.2 Å². The Kier molecular flexibility index (Phi) is 7.33. The zero-order valence-corrected chi connectivity index (χ0v) is 16.1. The van der Waals surface area contributed by atoms with Crippen molar-refractivity contribution >= 4 is 17.4 Å². The van der Waals surface area contributed by atoms with E-state index in [1.165, 1.54) is 23.2 Å². The number of allylic oxidation sites excluding steroid dienone is 6. The highest BCUT2D eigenvalue weighted by molar-refractivity contribution is 5.86. The highest BCUT2D eigenvalue weighted by Crippen LogP contribution is 2.32. The van der Waals surface area contributed by atoms with Crippen molar-refractivity contribution in [1.82, 2.24) is 20.1 Å². The molecule has 1 aliphatic heterocycles. The van der Waals surface area contributed by atoms with E-state index in [2.05, 4.69) is 22.0 Å². The molecular formula is C19H21F3N4O4. The van der Waals surface area contributed by atoms with E-state index in [1.807, 2.05) is 0 Å². The Morgan fingerprint density at radius 2 is 2.10 bits per heavy atom. The number of aromatic nitrogens is 3. The minimum absolute atomic E-state index is 0.195. The molecule has 8 nitrogen and oxygen atoms in total. The summed E-state index contributed by atoms with van der Waals surface area (Å²) in [4.78, 5) is 27.0. The number of aliphatic carboxylic acids is 1. The van der Waals surface area contributed by atoms with Crippen LogP contribution in [0.25, 0.3) is 5.57 Å². The van der Waals surface area contributed by atoms with E-state index in [-0.39, 0.29) is 18.7 Å². The molecule has 2 atom stereocenters. The second kappa shape index (κ2) is 9.53. The summed E-state index contributed by atoms with van der Waals surface area (Å²) in [6.07, 6.45) is 1.20. The number of carboxylic acids is 1. The molecule has 2 rings (SSSR count). The van der Waals surface area contributed by atoms with Crippen molar-refractivity contribution in [2.24, 2.45) is 0 Å². The normalized spacial score (nSPS) is 19.4. The van der Waals surface area contributed by atoms with Gasteiger partial charge in [-0.05, 0) is 43.1 Å². The molecule has 2 heterocycles. The lowest BCUT2D eigenvalue weighted by molar-refractivity contribution is -0.139. The smallest absolute Gasteiger partial charge is 0.415 e. The fourth-order valence-corrected chi connectivity index (χ4v) is 2.93. The number of nitrogens with zero attached hydrogens (tertiary/aromatic N) is 3. The van der Waals surface area contributed by atoms with Crippen molar-refractivity contribution in [3.63, 3.8) is 0 Å². The summed E-state index contributed by atoms with van der Waals surface area (Å²) < 4.78 is 39.5. The Bertz CT molecular complexity index is 915. The average Bonchev–Trinajstić information content (AvgIpc) is 3.12. The molecule has 11 heteroatoms. The standard InChI is InChI=1S/C19H21F3N4O4/c1-3-4-12(7-11(2)19(20,21)22)5-6-13-8-14(27)16(18(30)23-9-15(28)29)26-17(13)24-10-25-26/h3-4,7-8,10,14,16,27H,2,5-6,9H2,1H3,(H,23,30)(H,28,29)/b4-3-,12-7+. The molecule has 1 aromatic rings. The summed E-state index contributed by atoms with van der Waals surface area (Å²) in [6.45, 7) is 4.09. The van der Waals surface area contributed by atoms with Gasteiger partial charge in [0.2, 0.25) is 5.91 Å². The van der Waals surface area contributed by atoms with Crippen LogP contribution in [-0.4, -0.2) is 55.7 Å². The van der Waals surface area contributed by atoms with Gasteiger partial charge in [-0.15, -0.1) is 0 Å². The Morgan fingerprint density at radius 3 is 2.70 bits per heavy atom. The maximum atomic E-state index is 12.8. The minimum atomic E-state index is -4.54. The largest absolute Gasteiger partial charge is 0.480 e. The van der Waals surface area contributed by atoms with E-state index >= 15 is 0 Å². The number of nitrogens with one attached hydrogen (secondary N) is 1. The molecule has 0 saturated heterocycles. The van der Waals surface area contributed by atoms with Gasteiger partial charge >= 0.3 is 12.1 Å². The van der Waals surface area contributed by atoms with E-state index in [4.69, 9.17) is 5.11 Å². The summed E-state index contributed by atoms with van der Waals surface area (Å²) >= 11 is 0. The first-order valence-electron chi connectivity index (χ1n) is 8.92. The molecule has 1 aromatic heterocycles. The summed E-state index contributed by atoms with van der Waals surface area (Å²) in [5.74, 6) is -1.72. The molecule has 0 fully saturated rings. The molecule has 2 unspecified atom stereocenters. The molecule has 1 amide bonds.